The van der Waals surface area contributed by atoms with E-state index in [9.17, 15) is 9.59 Å². The molecule has 0 radical (unpaired) electrons. The molecule has 0 fully saturated rings. The van der Waals surface area contributed by atoms with Crippen molar-refractivity contribution in [2.24, 2.45) is 0 Å². The molecule has 1 aromatic rings. The van der Waals surface area contributed by atoms with Crippen LogP contribution in [0.3, 0.4) is 0 Å². The second-order valence-electron chi connectivity index (χ2n) is 17.1. The minimum Gasteiger partial charge on any atom is -0.491 e. The number of carbonyl (C=O) groups is 2. The fourth-order valence-corrected chi connectivity index (χ4v) is 7.38. The predicted molar refractivity (Wildman–Crippen MR) is 267 cm³/mol. The quantitative estimate of drug-likeness (QED) is 0.0487. The highest BCUT2D eigenvalue weighted by Crippen LogP contribution is 2.24. The van der Waals surface area contributed by atoms with Crippen molar-refractivity contribution < 1.29 is 38.7 Å². The maximum Gasteiger partial charge on any atom is 0.303 e. The Hall–Kier alpha value is -3.40. The van der Waals surface area contributed by atoms with Crippen molar-refractivity contribution in [3.63, 3.8) is 0 Å². The normalized spacial score (nSPS) is 12.0. The Morgan fingerprint density at radius 3 is 1.14 bits per heavy atom. The minimum absolute atomic E-state index is 0.302. The zero-order valence-corrected chi connectivity index (χ0v) is 40.8. The highest BCUT2D eigenvalue weighted by Gasteiger charge is 2.08. The number of carboxylic acids is 2. The molecule has 0 saturated carbocycles. The molecular weight excluding hydrogens is 803 g/mol. The van der Waals surface area contributed by atoms with E-state index in [0.29, 0.717) is 39.3 Å². The first-order chi connectivity index (χ1) is 31.4. The molecule has 0 saturated heterocycles. The number of allylic oxidation sites excluding steroid dienone is 8. The maximum absolute atomic E-state index is 10.5. The summed E-state index contributed by atoms with van der Waals surface area (Å²) in [6.45, 7) is 11.0. The van der Waals surface area contributed by atoms with E-state index in [0.717, 1.165) is 134 Å². The van der Waals surface area contributed by atoms with Crippen LogP contribution in [-0.4, -0.2) is 79.8 Å². The van der Waals surface area contributed by atoms with Crippen molar-refractivity contribution in [2.75, 3.05) is 52.7 Å². The first-order valence-corrected chi connectivity index (χ1v) is 25.8. The van der Waals surface area contributed by atoms with E-state index in [-0.39, 0.29) is 0 Å². The Morgan fingerprint density at radius 1 is 0.438 bits per heavy atom. The van der Waals surface area contributed by atoms with Gasteiger partial charge in [-0.25, -0.2) is 0 Å². The molecule has 9 heteroatoms. The van der Waals surface area contributed by atoms with Crippen LogP contribution in [-0.2, 0) is 25.6 Å². The topological polar surface area (TPSA) is 115 Å². The van der Waals surface area contributed by atoms with Gasteiger partial charge in [-0.1, -0.05) is 140 Å². The summed E-state index contributed by atoms with van der Waals surface area (Å²) in [4.78, 5) is 23.5. The molecular formula is C55H93NO8. The van der Waals surface area contributed by atoms with Gasteiger partial charge >= 0.3 is 11.9 Å². The molecule has 0 heterocycles. The van der Waals surface area contributed by atoms with Crippen LogP contribution in [0.1, 0.15) is 199 Å². The first-order valence-electron chi connectivity index (χ1n) is 25.8. The Kier molecular flexibility index (Phi) is 42.3. The molecule has 0 aliphatic carbocycles. The average molecular weight is 896 g/mol. The number of hydrogen-bond donors (Lipinski definition) is 2. The molecule has 1 rings (SSSR count). The Bertz CT molecular complexity index is 1250. The van der Waals surface area contributed by atoms with Gasteiger partial charge in [-0.3, -0.25) is 14.5 Å². The third-order valence-electron chi connectivity index (χ3n) is 11.3. The van der Waals surface area contributed by atoms with Crippen LogP contribution in [0.2, 0.25) is 0 Å². The molecule has 0 aliphatic heterocycles. The molecule has 0 bridgehead atoms. The van der Waals surface area contributed by atoms with Crippen LogP contribution in [0.5, 0.6) is 11.5 Å². The zero-order chi connectivity index (χ0) is 46.2. The second kappa shape index (κ2) is 46.1. The zero-order valence-electron chi connectivity index (χ0n) is 40.8. The Morgan fingerprint density at radius 2 is 0.781 bits per heavy atom. The van der Waals surface area contributed by atoms with Crippen LogP contribution in [0.4, 0.5) is 0 Å². The largest absolute Gasteiger partial charge is 0.491 e. The highest BCUT2D eigenvalue weighted by atomic mass is 16.5. The van der Waals surface area contributed by atoms with E-state index in [2.05, 4.69) is 79.5 Å². The van der Waals surface area contributed by atoms with Gasteiger partial charge in [0.15, 0.2) is 0 Å². The van der Waals surface area contributed by atoms with Crippen molar-refractivity contribution in [2.45, 2.75) is 200 Å². The molecule has 0 unspecified atom stereocenters. The molecule has 9 nitrogen and oxygen atoms in total. The maximum atomic E-state index is 10.5. The van der Waals surface area contributed by atoms with E-state index in [1.54, 1.807) is 0 Å². The van der Waals surface area contributed by atoms with Crippen LogP contribution in [0.15, 0.2) is 66.8 Å². The van der Waals surface area contributed by atoms with E-state index in [1.165, 1.54) is 82.6 Å². The first kappa shape index (κ1) is 58.6. The lowest BCUT2D eigenvalue weighted by molar-refractivity contribution is -0.138. The predicted octanol–water partition coefficient (Wildman–Crippen LogP) is 14.6. The lowest BCUT2D eigenvalue weighted by Gasteiger charge is -2.19. The van der Waals surface area contributed by atoms with Gasteiger partial charge in [0.05, 0.1) is 13.2 Å². The van der Waals surface area contributed by atoms with Gasteiger partial charge in [-0.15, -0.1) is 0 Å². The number of hydrogen-bond acceptors (Lipinski definition) is 7. The lowest BCUT2D eigenvalue weighted by atomic mass is 10.1. The third-order valence-corrected chi connectivity index (χ3v) is 11.3. The summed E-state index contributed by atoms with van der Waals surface area (Å²) >= 11 is 0. The fourth-order valence-electron chi connectivity index (χ4n) is 7.38. The van der Waals surface area contributed by atoms with Gasteiger partial charge < -0.3 is 29.2 Å². The number of ether oxygens (including phenoxy) is 4. The number of rotatable bonds is 48. The monoisotopic (exact) mass is 896 g/mol. The second-order valence-corrected chi connectivity index (χ2v) is 17.1. The highest BCUT2D eigenvalue weighted by molar-refractivity contribution is 5.66. The average Bonchev–Trinajstić information content (AvgIpc) is 3.28. The summed E-state index contributed by atoms with van der Waals surface area (Å²) in [6, 6.07) is 6.24. The van der Waals surface area contributed by atoms with E-state index in [4.69, 9.17) is 29.2 Å². The van der Waals surface area contributed by atoms with Gasteiger partial charge in [0.1, 0.15) is 24.7 Å². The van der Waals surface area contributed by atoms with Crippen LogP contribution >= 0.6 is 0 Å². The van der Waals surface area contributed by atoms with Gasteiger partial charge in [0, 0.05) is 38.7 Å². The fraction of sp³-hybridized carbons (Fsp3) is 0.709. The summed E-state index contributed by atoms with van der Waals surface area (Å²) in [5.74, 6) is 0.283. The number of carboxylic acid groups (broad SMARTS) is 2. The van der Waals surface area contributed by atoms with Gasteiger partial charge in [-0.05, 0) is 121 Å². The summed E-state index contributed by atoms with van der Waals surface area (Å²) in [6.07, 6.45) is 48.2. The molecule has 0 spiro atoms. The molecule has 0 atom stereocenters. The number of nitrogens with zero attached hydrogens (tertiary/aromatic N) is 1. The van der Waals surface area contributed by atoms with Crippen LogP contribution in [0.25, 0.3) is 0 Å². The summed E-state index contributed by atoms with van der Waals surface area (Å²) < 4.78 is 24.1. The number of aliphatic carboxylic acids is 2. The Labute approximate surface area is 391 Å². The number of unbranched alkanes of at least 4 members (excludes halogenated alkanes) is 20. The Balaban J connectivity index is 2.09. The molecule has 0 amide bonds. The summed E-state index contributed by atoms with van der Waals surface area (Å²) in [7, 11) is 0. The standard InChI is InChI=1S/C55H93NO8/c1-3-56(4-2)50-51-47-52(63-45-43-61-41-37-33-29-25-21-17-13-9-5-7-11-15-19-23-27-31-35-39-54(57)58)49-53(48-51)64-46-44-62-42-38-34-30-26-22-18-14-10-6-8-12-16-20-24-28-32-36-40-55(59)60/h7-14,47-49H,3-6,15-46,50H2,1-2H3,(H,57,58)(H,59,60)/b11-7-,12-8-,13-9-,14-10-. The number of benzene rings is 1. The van der Waals surface area contributed by atoms with Crippen molar-refractivity contribution in [3.8, 4) is 11.5 Å². The molecule has 64 heavy (non-hydrogen) atoms. The van der Waals surface area contributed by atoms with Crippen LogP contribution in [0, 0.1) is 0 Å². The molecule has 366 valence electrons. The van der Waals surface area contributed by atoms with Crippen molar-refractivity contribution >= 4 is 11.9 Å². The van der Waals surface area contributed by atoms with Gasteiger partial charge in [0.2, 0.25) is 0 Å². The molecule has 2 N–H and O–H groups in total. The summed E-state index contributed by atoms with van der Waals surface area (Å²) in [5.41, 5.74) is 1.19. The van der Waals surface area contributed by atoms with Gasteiger partial charge in [-0.2, -0.15) is 0 Å². The van der Waals surface area contributed by atoms with Crippen LogP contribution < -0.4 is 9.47 Å². The van der Waals surface area contributed by atoms with Crippen molar-refractivity contribution in [1.29, 1.82) is 0 Å². The van der Waals surface area contributed by atoms with Gasteiger partial charge in [0.25, 0.3) is 0 Å². The minimum atomic E-state index is -0.683. The van der Waals surface area contributed by atoms with E-state index in [1.807, 2.05) is 6.07 Å². The van der Waals surface area contributed by atoms with Crippen molar-refractivity contribution in [3.05, 3.63) is 72.4 Å². The molecule has 0 aromatic heterocycles. The SMILES string of the molecule is CCN(CC)Cc1cc(OCCOCCCCCCC/C=C\C/C=C\CCCCCCCC(=O)O)cc(OCCOCCCCCCC/C=C\C/C=C\CCCCCCCC(=O)O)c1. The summed E-state index contributed by atoms with van der Waals surface area (Å²) in [5, 5.41) is 17.4. The molecule has 1 aromatic carbocycles. The van der Waals surface area contributed by atoms with E-state index < -0.39 is 11.9 Å². The van der Waals surface area contributed by atoms with E-state index >= 15 is 0 Å². The smallest absolute Gasteiger partial charge is 0.303 e. The third kappa shape index (κ3) is 41.3. The molecule has 0 aliphatic rings. The van der Waals surface area contributed by atoms with Crippen molar-refractivity contribution in [1.82, 2.24) is 4.90 Å². The lowest BCUT2D eigenvalue weighted by Crippen LogP contribution is -2.22.